The molecule has 1 N–H and O–H groups in total. The van der Waals surface area contributed by atoms with E-state index in [2.05, 4.69) is 4.98 Å². The van der Waals surface area contributed by atoms with Crippen LogP contribution in [0.4, 0.5) is 0 Å². The highest BCUT2D eigenvalue weighted by Gasteiger charge is 2.27. The lowest BCUT2D eigenvalue weighted by molar-refractivity contribution is 0.0698. The van der Waals surface area contributed by atoms with E-state index in [1.165, 1.54) is 0 Å². The Bertz CT molecular complexity index is 1090. The minimum Gasteiger partial charge on any atom is -0.478 e. The van der Waals surface area contributed by atoms with Gasteiger partial charge in [-0.05, 0) is 59.9 Å². The number of hydrogen-bond acceptors (Lipinski definition) is 2. The minimum absolute atomic E-state index is 0.230. The van der Waals surface area contributed by atoms with Gasteiger partial charge in [0.05, 0.1) is 21.8 Å². The van der Waals surface area contributed by atoms with Gasteiger partial charge in [-0.3, -0.25) is 0 Å². The van der Waals surface area contributed by atoms with Crippen molar-refractivity contribution in [1.82, 2.24) is 4.98 Å². The molecule has 0 atom stereocenters. The number of nitrogens with zero attached hydrogens (tertiary/aromatic N) is 1. The number of fused-ring (bicyclic) bond motifs is 2. The van der Waals surface area contributed by atoms with Crippen molar-refractivity contribution in [3.8, 4) is 0 Å². The standard InChI is InChI=1S/C20H12Cl3NO2/c21-12-4-1-10(2-5-12)7-11-3-6-14-17(20(25)26)15-8-13(22)9-16(23)19(15)24-18(11)14/h1-2,4-5,7-9H,3,6H2,(H,25,26)/b11-7+. The first kappa shape index (κ1) is 17.3. The van der Waals surface area contributed by atoms with Crippen LogP contribution in [-0.4, -0.2) is 16.1 Å². The van der Waals surface area contributed by atoms with Crippen LogP contribution in [0.25, 0.3) is 22.6 Å². The van der Waals surface area contributed by atoms with E-state index in [0.29, 0.717) is 44.5 Å². The first-order valence-electron chi connectivity index (χ1n) is 7.95. The molecule has 1 aromatic heterocycles. The van der Waals surface area contributed by atoms with Crippen molar-refractivity contribution >= 4 is 63.3 Å². The van der Waals surface area contributed by atoms with Gasteiger partial charge >= 0.3 is 5.97 Å². The van der Waals surface area contributed by atoms with Gasteiger partial charge in [-0.1, -0.05) is 46.9 Å². The van der Waals surface area contributed by atoms with E-state index in [0.717, 1.165) is 16.7 Å². The van der Waals surface area contributed by atoms with Crippen LogP contribution in [-0.2, 0) is 6.42 Å². The molecule has 0 saturated carbocycles. The summed E-state index contributed by atoms with van der Waals surface area (Å²) in [6.07, 6.45) is 3.34. The summed E-state index contributed by atoms with van der Waals surface area (Å²) in [5, 5.41) is 11.7. The molecular formula is C20H12Cl3NO2. The van der Waals surface area contributed by atoms with Gasteiger partial charge < -0.3 is 5.11 Å². The largest absolute Gasteiger partial charge is 0.478 e. The number of pyridine rings is 1. The Kier molecular flexibility index (Phi) is 4.39. The third-order valence-corrected chi connectivity index (χ3v) is 5.24. The molecule has 0 bridgehead atoms. The van der Waals surface area contributed by atoms with Gasteiger partial charge in [0.2, 0.25) is 0 Å². The summed E-state index contributed by atoms with van der Waals surface area (Å²) < 4.78 is 0. The number of benzene rings is 2. The van der Waals surface area contributed by atoms with Gasteiger partial charge in [-0.25, -0.2) is 9.78 Å². The first-order valence-corrected chi connectivity index (χ1v) is 9.09. The summed E-state index contributed by atoms with van der Waals surface area (Å²) in [5.41, 5.74) is 4.07. The zero-order valence-electron chi connectivity index (χ0n) is 13.4. The number of rotatable bonds is 2. The average Bonchev–Trinajstić information content (AvgIpc) is 2.97. The van der Waals surface area contributed by atoms with Gasteiger partial charge in [0.25, 0.3) is 0 Å². The Balaban J connectivity index is 1.97. The average molecular weight is 405 g/mol. The molecule has 26 heavy (non-hydrogen) atoms. The van der Waals surface area contributed by atoms with Crippen LogP contribution in [0.2, 0.25) is 15.1 Å². The Morgan fingerprint density at radius 3 is 2.46 bits per heavy atom. The predicted molar refractivity (Wildman–Crippen MR) is 106 cm³/mol. The molecule has 0 aliphatic heterocycles. The molecular weight excluding hydrogens is 393 g/mol. The molecule has 3 nitrogen and oxygen atoms in total. The Labute approximate surface area is 164 Å². The SMILES string of the molecule is O=C(O)c1c2c(nc3c(Cl)cc(Cl)cc13)/C(=C/c1ccc(Cl)cc1)CC2. The van der Waals surface area contributed by atoms with Gasteiger partial charge in [0.1, 0.15) is 0 Å². The number of aromatic nitrogens is 1. The van der Waals surface area contributed by atoms with Crippen LogP contribution in [0.15, 0.2) is 36.4 Å². The van der Waals surface area contributed by atoms with E-state index in [4.69, 9.17) is 34.8 Å². The Morgan fingerprint density at radius 1 is 1.04 bits per heavy atom. The molecule has 0 radical (unpaired) electrons. The Hall–Kier alpha value is -2.07. The van der Waals surface area contributed by atoms with Gasteiger partial charge in [0, 0.05) is 15.4 Å². The van der Waals surface area contributed by atoms with E-state index >= 15 is 0 Å². The number of aromatic carboxylic acids is 1. The topological polar surface area (TPSA) is 50.2 Å². The van der Waals surface area contributed by atoms with Crippen LogP contribution >= 0.6 is 34.8 Å². The van der Waals surface area contributed by atoms with Crippen LogP contribution < -0.4 is 0 Å². The number of allylic oxidation sites excluding steroid dienone is 1. The zero-order chi connectivity index (χ0) is 18.4. The number of carboxylic acid groups (broad SMARTS) is 1. The fourth-order valence-electron chi connectivity index (χ4n) is 3.36. The second kappa shape index (κ2) is 6.58. The third kappa shape index (κ3) is 2.96. The van der Waals surface area contributed by atoms with Crippen molar-refractivity contribution in [2.45, 2.75) is 12.8 Å². The molecule has 1 aliphatic rings. The fraction of sp³-hybridized carbons (Fsp3) is 0.100. The van der Waals surface area contributed by atoms with E-state index < -0.39 is 5.97 Å². The molecule has 0 fully saturated rings. The van der Waals surface area contributed by atoms with Crippen LogP contribution in [0.1, 0.15) is 33.6 Å². The van der Waals surface area contributed by atoms with Crippen molar-refractivity contribution in [2.75, 3.05) is 0 Å². The molecule has 2 aromatic carbocycles. The molecule has 0 saturated heterocycles. The summed E-state index contributed by atoms with van der Waals surface area (Å²) in [5.74, 6) is -1.00. The molecule has 1 heterocycles. The van der Waals surface area contributed by atoms with Crippen molar-refractivity contribution in [3.05, 3.63) is 73.9 Å². The fourth-order valence-corrected chi connectivity index (χ4v) is 4.02. The number of halogens is 3. The van der Waals surface area contributed by atoms with Crippen molar-refractivity contribution < 1.29 is 9.90 Å². The maximum atomic E-state index is 12.0. The molecule has 0 amide bonds. The van der Waals surface area contributed by atoms with Crippen LogP contribution in [0.5, 0.6) is 0 Å². The second-order valence-electron chi connectivity index (χ2n) is 6.12. The van der Waals surface area contributed by atoms with E-state index in [1.54, 1.807) is 12.1 Å². The quantitative estimate of drug-likeness (QED) is 0.539. The van der Waals surface area contributed by atoms with Gasteiger partial charge in [-0.2, -0.15) is 0 Å². The predicted octanol–water partition coefficient (Wildman–Crippen LogP) is 6.38. The van der Waals surface area contributed by atoms with Gasteiger partial charge in [0.15, 0.2) is 0 Å². The summed E-state index contributed by atoms with van der Waals surface area (Å²) >= 11 is 18.3. The normalized spacial score (nSPS) is 14.8. The number of hydrogen-bond donors (Lipinski definition) is 1. The van der Waals surface area contributed by atoms with E-state index in [9.17, 15) is 9.90 Å². The van der Waals surface area contributed by atoms with E-state index in [1.807, 2.05) is 30.3 Å². The lowest BCUT2D eigenvalue weighted by Gasteiger charge is -2.11. The highest BCUT2D eigenvalue weighted by atomic mass is 35.5. The Morgan fingerprint density at radius 2 is 1.77 bits per heavy atom. The minimum atomic E-state index is -1.00. The summed E-state index contributed by atoms with van der Waals surface area (Å²) in [6.45, 7) is 0. The van der Waals surface area contributed by atoms with Crippen LogP contribution in [0.3, 0.4) is 0 Å². The van der Waals surface area contributed by atoms with E-state index in [-0.39, 0.29) is 5.56 Å². The lowest BCUT2D eigenvalue weighted by atomic mass is 10.0. The van der Waals surface area contributed by atoms with Crippen molar-refractivity contribution in [2.24, 2.45) is 0 Å². The molecule has 4 rings (SSSR count). The highest BCUT2D eigenvalue weighted by molar-refractivity contribution is 6.38. The highest BCUT2D eigenvalue weighted by Crippen LogP contribution is 2.40. The lowest BCUT2D eigenvalue weighted by Crippen LogP contribution is -2.05. The monoisotopic (exact) mass is 403 g/mol. The summed E-state index contributed by atoms with van der Waals surface area (Å²) in [4.78, 5) is 16.6. The van der Waals surface area contributed by atoms with Crippen molar-refractivity contribution in [3.63, 3.8) is 0 Å². The smallest absolute Gasteiger partial charge is 0.336 e. The molecule has 0 spiro atoms. The summed E-state index contributed by atoms with van der Waals surface area (Å²) in [6, 6.07) is 10.7. The van der Waals surface area contributed by atoms with Crippen LogP contribution in [0, 0.1) is 0 Å². The van der Waals surface area contributed by atoms with Gasteiger partial charge in [-0.15, -0.1) is 0 Å². The van der Waals surface area contributed by atoms with Crippen molar-refractivity contribution in [1.29, 1.82) is 0 Å². The first-order chi connectivity index (χ1) is 12.4. The number of carboxylic acids is 1. The maximum Gasteiger partial charge on any atom is 0.336 e. The number of carbonyl (C=O) groups is 1. The molecule has 0 unspecified atom stereocenters. The molecule has 6 heteroatoms. The third-order valence-electron chi connectivity index (χ3n) is 4.48. The molecule has 1 aliphatic carbocycles. The second-order valence-corrected chi connectivity index (χ2v) is 7.40. The molecule has 3 aromatic rings. The molecule has 130 valence electrons. The maximum absolute atomic E-state index is 12.0. The zero-order valence-corrected chi connectivity index (χ0v) is 15.7. The summed E-state index contributed by atoms with van der Waals surface area (Å²) in [7, 11) is 0.